The lowest BCUT2D eigenvalue weighted by atomic mass is 10.2. The standard InChI is InChI=1S/C14H20N2O2/c15-9-11-18-13-7-5-12(6-8-13)16-10-3-1-2-4-14(16)17/h5-8H,1-4,9-11,15H2. The SMILES string of the molecule is NCCOc1ccc(N2CCCCCC2=O)cc1. The summed E-state index contributed by atoms with van der Waals surface area (Å²) in [5.41, 5.74) is 6.34. The van der Waals surface area contributed by atoms with Gasteiger partial charge in [0, 0.05) is 25.2 Å². The number of anilines is 1. The highest BCUT2D eigenvalue weighted by Crippen LogP contribution is 2.23. The second-order valence-corrected chi connectivity index (χ2v) is 4.49. The van der Waals surface area contributed by atoms with Crippen molar-refractivity contribution >= 4 is 11.6 Å². The lowest BCUT2D eigenvalue weighted by Crippen LogP contribution is -2.29. The lowest BCUT2D eigenvalue weighted by molar-refractivity contribution is -0.118. The maximum Gasteiger partial charge on any atom is 0.226 e. The maximum absolute atomic E-state index is 11.9. The third kappa shape index (κ3) is 3.23. The largest absolute Gasteiger partial charge is 0.492 e. The minimum Gasteiger partial charge on any atom is -0.492 e. The van der Waals surface area contributed by atoms with Crippen LogP contribution >= 0.6 is 0 Å². The van der Waals surface area contributed by atoms with Gasteiger partial charge in [0.2, 0.25) is 5.91 Å². The highest BCUT2D eigenvalue weighted by molar-refractivity contribution is 5.93. The van der Waals surface area contributed by atoms with Crippen molar-refractivity contribution in [3.8, 4) is 5.75 Å². The number of carbonyl (C=O) groups is 1. The third-order valence-corrected chi connectivity index (χ3v) is 3.11. The molecule has 1 saturated heterocycles. The van der Waals surface area contributed by atoms with Crippen LogP contribution in [0.1, 0.15) is 25.7 Å². The second kappa shape index (κ2) is 6.40. The van der Waals surface area contributed by atoms with Crippen LogP contribution in [0, 0.1) is 0 Å². The van der Waals surface area contributed by atoms with Gasteiger partial charge in [0.15, 0.2) is 0 Å². The van der Waals surface area contributed by atoms with Crippen LogP contribution in [0.2, 0.25) is 0 Å². The molecule has 0 atom stereocenters. The number of nitrogens with zero attached hydrogens (tertiary/aromatic N) is 1. The normalized spacial score (nSPS) is 16.5. The summed E-state index contributed by atoms with van der Waals surface area (Å²) in [5.74, 6) is 1.02. The summed E-state index contributed by atoms with van der Waals surface area (Å²) in [4.78, 5) is 13.8. The Morgan fingerprint density at radius 3 is 2.67 bits per heavy atom. The number of amides is 1. The molecule has 0 aromatic heterocycles. The minimum atomic E-state index is 0.225. The quantitative estimate of drug-likeness (QED) is 0.885. The lowest BCUT2D eigenvalue weighted by Gasteiger charge is -2.20. The van der Waals surface area contributed by atoms with E-state index in [0.29, 0.717) is 19.6 Å². The number of benzene rings is 1. The Labute approximate surface area is 108 Å². The first-order valence-corrected chi connectivity index (χ1v) is 6.54. The summed E-state index contributed by atoms with van der Waals surface area (Å²) in [6.45, 7) is 1.84. The van der Waals surface area contributed by atoms with E-state index in [9.17, 15) is 4.79 Å². The Balaban J connectivity index is 2.05. The molecular formula is C14H20N2O2. The summed E-state index contributed by atoms with van der Waals surface area (Å²) in [6.07, 6.45) is 3.88. The van der Waals surface area contributed by atoms with Crippen molar-refractivity contribution in [1.29, 1.82) is 0 Å². The Bertz CT molecular complexity index is 389. The van der Waals surface area contributed by atoms with Gasteiger partial charge in [-0.2, -0.15) is 0 Å². The second-order valence-electron chi connectivity index (χ2n) is 4.49. The van der Waals surface area contributed by atoms with E-state index >= 15 is 0 Å². The molecule has 1 amide bonds. The van der Waals surface area contributed by atoms with Gasteiger partial charge in [-0.1, -0.05) is 6.42 Å². The van der Waals surface area contributed by atoms with Crippen LogP contribution in [0.3, 0.4) is 0 Å². The van der Waals surface area contributed by atoms with E-state index in [4.69, 9.17) is 10.5 Å². The zero-order chi connectivity index (χ0) is 12.8. The molecule has 2 N–H and O–H groups in total. The van der Waals surface area contributed by atoms with Crippen molar-refractivity contribution in [3.05, 3.63) is 24.3 Å². The average Bonchev–Trinajstić information content (AvgIpc) is 2.62. The molecule has 4 heteroatoms. The van der Waals surface area contributed by atoms with Crippen molar-refractivity contribution in [1.82, 2.24) is 0 Å². The van der Waals surface area contributed by atoms with Crippen LogP contribution in [0.15, 0.2) is 24.3 Å². The van der Waals surface area contributed by atoms with Crippen LogP contribution in [0.5, 0.6) is 5.75 Å². The van der Waals surface area contributed by atoms with Crippen molar-refractivity contribution in [3.63, 3.8) is 0 Å². The molecule has 0 unspecified atom stereocenters. The van der Waals surface area contributed by atoms with Gasteiger partial charge in [-0.25, -0.2) is 0 Å². The fraction of sp³-hybridized carbons (Fsp3) is 0.500. The predicted molar refractivity (Wildman–Crippen MR) is 71.8 cm³/mol. The Hall–Kier alpha value is -1.55. The van der Waals surface area contributed by atoms with E-state index in [1.165, 1.54) is 0 Å². The number of rotatable bonds is 4. The van der Waals surface area contributed by atoms with Crippen molar-refractivity contribution in [2.75, 3.05) is 24.6 Å². The van der Waals surface area contributed by atoms with Crippen molar-refractivity contribution < 1.29 is 9.53 Å². The molecule has 0 bridgehead atoms. The number of hydrogen-bond acceptors (Lipinski definition) is 3. The van der Waals surface area contributed by atoms with E-state index in [2.05, 4.69) is 0 Å². The minimum absolute atomic E-state index is 0.225. The molecule has 2 rings (SSSR count). The molecule has 1 aliphatic heterocycles. The van der Waals surface area contributed by atoms with E-state index in [1.807, 2.05) is 29.2 Å². The van der Waals surface area contributed by atoms with Crippen LogP contribution in [0.4, 0.5) is 5.69 Å². The molecular weight excluding hydrogens is 228 g/mol. The smallest absolute Gasteiger partial charge is 0.226 e. The first kappa shape index (κ1) is 12.9. The molecule has 0 radical (unpaired) electrons. The number of hydrogen-bond donors (Lipinski definition) is 1. The summed E-state index contributed by atoms with van der Waals surface area (Å²) in [7, 11) is 0. The van der Waals surface area contributed by atoms with Gasteiger partial charge in [0.1, 0.15) is 12.4 Å². The summed E-state index contributed by atoms with van der Waals surface area (Å²) < 4.78 is 5.42. The van der Waals surface area contributed by atoms with Gasteiger partial charge in [-0.05, 0) is 37.1 Å². The Morgan fingerprint density at radius 2 is 1.94 bits per heavy atom. The molecule has 1 aromatic carbocycles. The van der Waals surface area contributed by atoms with Gasteiger partial charge >= 0.3 is 0 Å². The molecule has 1 aliphatic rings. The van der Waals surface area contributed by atoms with E-state index < -0.39 is 0 Å². The molecule has 0 aliphatic carbocycles. The van der Waals surface area contributed by atoms with E-state index in [1.54, 1.807) is 0 Å². The van der Waals surface area contributed by atoms with Crippen molar-refractivity contribution in [2.24, 2.45) is 5.73 Å². The third-order valence-electron chi connectivity index (χ3n) is 3.11. The number of nitrogens with two attached hydrogens (primary N) is 1. The van der Waals surface area contributed by atoms with E-state index in [0.717, 1.165) is 37.2 Å². The van der Waals surface area contributed by atoms with Crippen LogP contribution in [0.25, 0.3) is 0 Å². The molecule has 1 heterocycles. The molecule has 98 valence electrons. The number of carbonyl (C=O) groups excluding carboxylic acids is 1. The summed E-state index contributed by atoms with van der Waals surface area (Å²) in [6, 6.07) is 7.66. The summed E-state index contributed by atoms with van der Waals surface area (Å²) >= 11 is 0. The molecule has 0 saturated carbocycles. The topological polar surface area (TPSA) is 55.6 Å². The molecule has 1 fully saturated rings. The highest BCUT2D eigenvalue weighted by atomic mass is 16.5. The average molecular weight is 248 g/mol. The fourth-order valence-corrected chi connectivity index (χ4v) is 2.15. The monoisotopic (exact) mass is 248 g/mol. The van der Waals surface area contributed by atoms with Gasteiger partial charge < -0.3 is 15.4 Å². The van der Waals surface area contributed by atoms with Crippen LogP contribution < -0.4 is 15.4 Å². The molecule has 0 spiro atoms. The first-order chi connectivity index (χ1) is 8.81. The zero-order valence-corrected chi connectivity index (χ0v) is 10.6. The van der Waals surface area contributed by atoms with Crippen LogP contribution in [-0.2, 0) is 4.79 Å². The number of ether oxygens (including phenoxy) is 1. The Kier molecular flexibility index (Phi) is 4.59. The van der Waals surface area contributed by atoms with Gasteiger partial charge in [-0.3, -0.25) is 4.79 Å². The zero-order valence-electron chi connectivity index (χ0n) is 10.6. The molecule has 1 aromatic rings. The predicted octanol–water partition coefficient (Wildman–Crippen LogP) is 1.93. The van der Waals surface area contributed by atoms with Gasteiger partial charge in [-0.15, -0.1) is 0 Å². The Morgan fingerprint density at radius 1 is 1.17 bits per heavy atom. The van der Waals surface area contributed by atoms with Crippen LogP contribution in [-0.4, -0.2) is 25.6 Å². The maximum atomic E-state index is 11.9. The first-order valence-electron chi connectivity index (χ1n) is 6.54. The van der Waals surface area contributed by atoms with Gasteiger partial charge in [0.05, 0.1) is 0 Å². The summed E-state index contributed by atoms with van der Waals surface area (Å²) in [5, 5.41) is 0. The molecule has 18 heavy (non-hydrogen) atoms. The highest BCUT2D eigenvalue weighted by Gasteiger charge is 2.17. The van der Waals surface area contributed by atoms with Gasteiger partial charge in [0.25, 0.3) is 0 Å². The molecule has 4 nitrogen and oxygen atoms in total. The van der Waals surface area contributed by atoms with Crippen molar-refractivity contribution in [2.45, 2.75) is 25.7 Å². The fourth-order valence-electron chi connectivity index (χ4n) is 2.15. The van der Waals surface area contributed by atoms with E-state index in [-0.39, 0.29) is 5.91 Å².